The maximum Gasteiger partial charge on any atom is 0.515 e. The molecule has 24 heavy (non-hydrogen) atoms. The topological polar surface area (TPSA) is 101 Å². The summed E-state index contributed by atoms with van der Waals surface area (Å²) in [5.74, 6) is 0.0122. The largest absolute Gasteiger partial charge is 0.515 e. The third-order valence-electron chi connectivity index (χ3n) is 3.63. The van der Waals surface area contributed by atoms with Crippen molar-refractivity contribution in [3.05, 3.63) is 23.8 Å². The number of aromatic hydroxyl groups is 1. The van der Waals surface area contributed by atoms with E-state index < -0.39 is 6.16 Å². The molecule has 130 valence electrons. The van der Waals surface area contributed by atoms with Gasteiger partial charge in [-0.25, -0.2) is 4.79 Å². The zero-order valence-corrected chi connectivity index (χ0v) is 13.9. The molecule has 3 rings (SSSR count). The monoisotopic (exact) mass is 354 g/mol. The number of ketones is 1. The summed E-state index contributed by atoms with van der Waals surface area (Å²) >= 11 is 0. The molecule has 1 aliphatic carbocycles. The Morgan fingerprint density at radius 1 is 1.38 bits per heavy atom. The van der Waals surface area contributed by atoms with Gasteiger partial charge >= 0.3 is 6.16 Å². The summed E-state index contributed by atoms with van der Waals surface area (Å²) in [6.07, 6.45) is 1.35. The van der Waals surface area contributed by atoms with Crippen molar-refractivity contribution in [2.75, 3.05) is 13.2 Å². The Morgan fingerprint density at radius 3 is 2.79 bits per heavy atom. The smallest absolute Gasteiger partial charge is 0.506 e. The van der Waals surface area contributed by atoms with Gasteiger partial charge in [-0.2, -0.15) is 0 Å². The maximum atomic E-state index is 12.3. The molecule has 1 fully saturated rings. The Morgan fingerprint density at radius 2 is 2.12 bits per heavy atom. The first-order valence-electron chi connectivity index (χ1n) is 7.54. The fourth-order valence-corrected chi connectivity index (χ4v) is 2.33. The van der Waals surface area contributed by atoms with E-state index in [1.807, 2.05) is 0 Å². The van der Waals surface area contributed by atoms with Crippen LogP contribution in [0.15, 0.2) is 18.2 Å². The van der Waals surface area contributed by atoms with Crippen LogP contribution in [0.3, 0.4) is 0 Å². The van der Waals surface area contributed by atoms with E-state index in [-0.39, 0.29) is 43.0 Å². The van der Waals surface area contributed by atoms with Crippen LogP contribution >= 0.6 is 12.4 Å². The van der Waals surface area contributed by atoms with Crippen LogP contribution in [0.1, 0.15) is 30.1 Å². The number of nitrogens with one attached hydrogen (secondary N) is 2. The van der Waals surface area contributed by atoms with E-state index in [2.05, 4.69) is 10.3 Å². The van der Waals surface area contributed by atoms with Crippen molar-refractivity contribution in [1.29, 1.82) is 0 Å². The van der Waals surface area contributed by atoms with Crippen molar-refractivity contribution >= 4 is 35.2 Å². The van der Waals surface area contributed by atoms with E-state index in [0.717, 1.165) is 12.8 Å². The molecule has 1 aromatic heterocycles. The van der Waals surface area contributed by atoms with Gasteiger partial charge in [-0.1, -0.05) is 0 Å². The summed E-state index contributed by atoms with van der Waals surface area (Å²) in [6, 6.07) is 4.95. The highest BCUT2D eigenvalue weighted by Crippen LogP contribution is 2.31. The van der Waals surface area contributed by atoms with Crippen LogP contribution in [0.4, 0.5) is 4.79 Å². The lowest BCUT2D eigenvalue weighted by Gasteiger charge is -2.04. The van der Waals surface area contributed by atoms with Gasteiger partial charge in [-0.15, -0.1) is 12.4 Å². The minimum Gasteiger partial charge on any atom is -0.506 e. The van der Waals surface area contributed by atoms with Crippen molar-refractivity contribution in [3.63, 3.8) is 0 Å². The van der Waals surface area contributed by atoms with E-state index in [9.17, 15) is 14.7 Å². The van der Waals surface area contributed by atoms with Crippen LogP contribution in [-0.2, 0) is 4.74 Å². The van der Waals surface area contributed by atoms with Crippen LogP contribution < -0.4 is 10.1 Å². The van der Waals surface area contributed by atoms with E-state index in [1.54, 1.807) is 13.0 Å². The molecule has 1 saturated carbocycles. The predicted octanol–water partition coefficient (Wildman–Crippen LogP) is 2.77. The minimum atomic E-state index is -0.846. The van der Waals surface area contributed by atoms with E-state index in [4.69, 9.17) is 9.47 Å². The Balaban J connectivity index is 0.00000208. The number of phenols is 1. The van der Waals surface area contributed by atoms with Crippen molar-refractivity contribution in [1.82, 2.24) is 10.3 Å². The maximum absolute atomic E-state index is 12.3. The Kier molecular flexibility index (Phi) is 5.69. The lowest BCUT2D eigenvalue weighted by atomic mass is 10.1. The van der Waals surface area contributed by atoms with Crippen LogP contribution in [0, 0.1) is 0 Å². The van der Waals surface area contributed by atoms with Crippen LogP contribution in [-0.4, -0.2) is 41.2 Å². The lowest BCUT2D eigenvalue weighted by Crippen LogP contribution is -2.24. The molecule has 1 heterocycles. The zero-order chi connectivity index (χ0) is 16.4. The molecule has 1 aromatic carbocycles. The van der Waals surface area contributed by atoms with Crippen LogP contribution in [0.5, 0.6) is 11.6 Å². The highest BCUT2D eigenvalue weighted by Gasteiger charge is 2.23. The van der Waals surface area contributed by atoms with Gasteiger partial charge in [0.2, 0.25) is 5.88 Å². The molecule has 0 aliphatic heterocycles. The fraction of sp³-hybridized carbons (Fsp3) is 0.375. The summed E-state index contributed by atoms with van der Waals surface area (Å²) in [5, 5.41) is 13.6. The van der Waals surface area contributed by atoms with Crippen LogP contribution in [0.25, 0.3) is 10.9 Å². The summed E-state index contributed by atoms with van der Waals surface area (Å²) in [7, 11) is 0. The number of fused-ring (bicyclic) bond motifs is 1. The highest BCUT2D eigenvalue weighted by molar-refractivity contribution is 6.10. The third kappa shape index (κ3) is 3.98. The van der Waals surface area contributed by atoms with Gasteiger partial charge < -0.3 is 24.9 Å². The molecule has 1 aliphatic rings. The fourth-order valence-electron chi connectivity index (χ4n) is 2.33. The lowest BCUT2D eigenvalue weighted by molar-refractivity contribution is 0.0990. The molecule has 7 nitrogen and oxygen atoms in total. The molecule has 3 N–H and O–H groups in total. The van der Waals surface area contributed by atoms with Gasteiger partial charge in [0.1, 0.15) is 5.75 Å². The zero-order valence-electron chi connectivity index (χ0n) is 13.1. The summed E-state index contributed by atoms with van der Waals surface area (Å²) in [4.78, 5) is 26.5. The number of aromatic amines is 1. The number of halogens is 1. The van der Waals surface area contributed by atoms with E-state index in [0.29, 0.717) is 22.5 Å². The molecule has 2 aromatic rings. The third-order valence-corrected chi connectivity index (χ3v) is 3.63. The standard InChI is InChI=1S/C16H18N2O5.ClH/c1-2-22-16(21)23-14-7-11-10(5-6-12(19)15(11)18-14)13(20)8-17-9-3-4-9;/h5-7,9,17-19H,2-4,8H2,1H3;1H. The summed E-state index contributed by atoms with van der Waals surface area (Å²) < 4.78 is 9.68. The number of benzene rings is 1. The van der Waals surface area contributed by atoms with Gasteiger partial charge in [0.15, 0.2) is 5.78 Å². The molecule has 0 unspecified atom stereocenters. The quantitative estimate of drug-likeness (QED) is 0.544. The number of phenolic OH excluding ortho intramolecular Hbond substituents is 1. The molecular weight excluding hydrogens is 336 g/mol. The number of hydrogen-bond acceptors (Lipinski definition) is 6. The number of Topliss-reactive ketones (excluding diaryl/α,β-unsaturated/α-hetero) is 1. The minimum absolute atomic E-state index is 0. The van der Waals surface area contributed by atoms with Gasteiger partial charge in [0.05, 0.1) is 18.7 Å². The second-order valence-corrected chi connectivity index (χ2v) is 5.42. The first-order chi connectivity index (χ1) is 11.1. The molecule has 0 spiro atoms. The van der Waals surface area contributed by atoms with Gasteiger partial charge in [0.25, 0.3) is 0 Å². The van der Waals surface area contributed by atoms with Crippen molar-refractivity contribution in [3.8, 4) is 11.6 Å². The Labute approximate surface area is 144 Å². The highest BCUT2D eigenvalue weighted by atomic mass is 35.5. The first kappa shape index (κ1) is 18.1. The average molecular weight is 355 g/mol. The summed E-state index contributed by atoms with van der Waals surface area (Å²) in [5.41, 5.74) is 0.808. The van der Waals surface area contributed by atoms with Gasteiger partial charge in [-0.3, -0.25) is 4.79 Å². The molecule has 0 atom stereocenters. The predicted molar refractivity (Wildman–Crippen MR) is 90.2 cm³/mol. The van der Waals surface area contributed by atoms with Gasteiger partial charge in [-0.05, 0) is 31.9 Å². The first-order valence-corrected chi connectivity index (χ1v) is 7.54. The van der Waals surface area contributed by atoms with Crippen LogP contribution in [0.2, 0.25) is 0 Å². The molecule has 0 radical (unpaired) electrons. The van der Waals surface area contributed by atoms with E-state index >= 15 is 0 Å². The average Bonchev–Trinajstić information content (AvgIpc) is 3.24. The van der Waals surface area contributed by atoms with Crippen molar-refractivity contribution in [2.24, 2.45) is 0 Å². The normalized spacial score (nSPS) is 13.4. The molecule has 8 heteroatoms. The van der Waals surface area contributed by atoms with Crippen molar-refractivity contribution in [2.45, 2.75) is 25.8 Å². The molecular formula is C16H19ClN2O5. The number of hydrogen-bond donors (Lipinski definition) is 3. The number of rotatable bonds is 6. The number of carbonyl (C=O) groups excluding carboxylic acids is 2. The second kappa shape index (κ2) is 7.55. The Bertz CT molecular complexity index is 754. The number of ether oxygens (including phenoxy) is 2. The number of carbonyl (C=O) groups is 2. The number of H-pyrrole nitrogens is 1. The van der Waals surface area contributed by atoms with Gasteiger partial charge in [0, 0.05) is 23.1 Å². The number of aromatic nitrogens is 1. The van der Waals surface area contributed by atoms with E-state index in [1.165, 1.54) is 12.1 Å². The summed E-state index contributed by atoms with van der Waals surface area (Å²) in [6.45, 7) is 2.10. The second-order valence-electron chi connectivity index (χ2n) is 5.42. The SMILES string of the molecule is CCOC(=O)Oc1cc2c(C(=O)CNC3CC3)ccc(O)c2[nH]1.Cl. The molecule has 0 amide bonds. The molecule has 0 saturated heterocycles. The van der Waals surface area contributed by atoms with Crippen molar-refractivity contribution < 1.29 is 24.2 Å². The molecule has 0 bridgehead atoms. The Hall–Kier alpha value is -2.25.